The van der Waals surface area contributed by atoms with Crippen LogP contribution in [0, 0.1) is 0 Å². The van der Waals surface area contributed by atoms with Crippen molar-refractivity contribution in [2.45, 2.75) is 6.10 Å². The summed E-state index contributed by atoms with van der Waals surface area (Å²) < 4.78 is 11.0. The molecule has 0 fully saturated rings. The number of ether oxygens (including phenoxy) is 2. The minimum absolute atomic E-state index is 0.118. The van der Waals surface area contributed by atoms with E-state index in [1.165, 1.54) is 17.4 Å². The first-order valence-electron chi connectivity index (χ1n) is 6.12. The average molecular weight is 345 g/mol. The minimum atomic E-state index is -0.495. The fraction of sp³-hybridized carbons (Fsp3) is 0.214. The summed E-state index contributed by atoms with van der Waals surface area (Å²) in [5.74, 6) is 0.399. The van der Waals surface area contributed by atoms with Crippen molar-refractivity contribution in [2.24, 2.45) is 0 Å². The molecule has 1 aliphatic heterocycles. The number of aliphatic hydroxyl groups excluding tert-OH is 1. The molecule has 3 rings (SSSR count). The SMILES string of the molecule is O=C(c1cccs1)c1cc2c(c(Cl)c1Cl)OC(CO)CO2. The number of rotatable bonds is 3. The summed E-state index contributed by atoms with van der Waals surface area (Å²) in [4.78, 5) is 13.0. The van der Waals surface area contributed by atoms with Gasteiger partial charge in [-0.2, -0.15) is 0 Å². The first kappa shape index (κ1) is 14.7. The summed E-state index contributed by atoms with van der Waals surface area (Å²) in [6.45, 7) is -0.00262. The van der Waals surface area contributed by atoms with E-state index in [1.54, 1.807) is 12.1 Å². The van der Waals surface area contributed by atoms with Crippen molar-refractivity contribution in [3.63, 3.8) is 0 Å². The minimum Gasteiger partial charge on any atom is -0.486 e. The van der Waals surface area contributed by atoms with Crippen LogP contribution in [0.5, 0.6) is 11.5 Å². The molecule has 1 atom stereocenters. The number of carbonyl (C=O) groups excluding carboxylic acids is 1. The number of halogens is 2. The van der Waals surface area contributed by atoms with Crippen molar-refractivity contribution in [1.29, 1.82) is 0 Å². The zero-order chi connectivity index (χ0) is 15.0. The van der Waals surface area contributed by atoms with E-state index in [1.807, 2.05) is 5.38 Å². The van der Waals surface area contributed by atoms with Crippen LogP contribution in [0.1, 0.15) is 15.2 Å². The fourth-order valence-corrected chi connectivity index (χ4v) is 3.13. The molecule has 0 radical (unpaired) electrons. The molecule has 0 aliphatic carbocycles. The van der Waals surface area contributed by atoms with Crippen LogP contribution < -0.4 is 9.47 Å². The highest BCUT2D eigenvalue weighted by Crippen LogP contribution is 2.45. The van der Waals surface area contributed by atoms with Gasteiger partial charge in [-0.3, -0.25) is 4.79 Å². The molecule has 110 valence electrons. The van der Waals surface area contributed by atoms with E-state index in [0.717, 1.165) is 0 Å². The second-order valence-corrected chi connectivity index (χ2v) is 6.12. The van der Waals surface area contributed by atoms with Crippen molar-refractivity contribution >= 4 is 40.3 Å². The van der Waals surface area contributed by atoms with Crippen molar-refractivity contribution in [2.75, 3.05) is 13.2 Å². The van der Waals surface area contributed by atoms with Crippen molar-refractivity contribution in [3.05, 3.63) is 44.1 Å². The smallest absolute Gasteiger partial charge is 0.204 e. The van der Waals surface area contributed by atoms with Gasteiger partial charge >= 0.3 is 0 Å². The van der Waals surface area contributed by atoms with E-state index in [0.29, 0.717) is 10.6 Å². The van der Waals surface area contributed by atoms with E-state index in [2.05, 4.69) is 0 Å². The van der Waals surface area contributed by atoms with Gasteiger partial charge in [-0.15, -0.1) is 11.3 Å². The highest BCUT2D eigenvalue weighted by atomic mass is 35.5. The zero-order valence-corrected chi connectivity index (χ0v) is 13.0. The fourth-order valence-electron chi connectivity index (χ4n) is 1.98. The Labute approximate surface area is 134 Å². The number of aliphatic hydroxyl groups is 1. The molecule has 1 aromatic heterocycles. The molecular formula is C14H10Cl2O4S. The highest BCUT2D eigenvalue weighted by molar-refractivity contribution is 7.12. The first-order valence-corrected chi connectivity index (χ1v) is 7.76. The maximum Gasteiger partial charge on any atom is 0.204 e. The Balaban J connectivity index is 2.05. The number of thiophene rings is 1. The van der Waals surface area contributed by atoms with Crippen molar-refractivity contribution in [1.82, 2.24) is 0 Å². The Morgan fingerprint density at radius 3 is 2.90 bits per heavy atom. The van der Waals surface area contributed by atoms with Gasteiger partial charge in [-0.05, 0) is 17.5 Å². The second kappa shape index (κ2) is 5.85. The molecule has 0 spiro atoms. The van der Waals surface area contributed by atoms with Crippen molar-refractivity contribution in [3.8, 4) is 11.5 Å². The lowest BCUT2D eigenvalue weighted by molar-refractivity contribution is 0.0457. The molecule has 0 saturated heterocycles. The third-order valence-corrected chi connectivity index (χ3v) is 4.75. The second-order valence-electron chi connectivity index (χ2n) is 4.42. The van der Waals surface area contributed by atoms with E-state index in [4.69, 9.17) is 37.8 Å². The van der Waals surface area contributed by atoms with Crippen LogP contribution in [-0.2, 0) is 0 Å². The van der Waals surface area contributed by atoms with Crippen LogP contribution in [0.25, 0.3) is 0 Å². The van der Waals surface area contributed by atoms with Crippen LogP contribution in [0.15, 0.2) is 23.6 Å². The van der Waals surface area contributed by atoms with Crippen LogP contribution in [0.2, 0.25) is 10.0 Å². The summed E-state index contributed by atoms with van der Waals surface area (Å²) in [6, 6.07) is 5.03. The maximum absolute atomic E-state index is 12.4. The summed E-state index contributed by atoms with van der Waals surface area (Å²) in [6.07, 6.45) is -0.495. The lowest BCUT2D eigenvalue weighted by Crippen LogP contribution is -2.32. The number of ketones is 1. The molecule has 7 heteroatoms. The molecule has 0 amide bonds. The standard InChI is InChI=1S/C14H10Cl2O4S/c15-11-8(13(18)10-2-1-3-21-10)4-9-14(12(11)16)20-7(5-17)6-19-9/h1-4,7,17H,5-6H2. The van der Waals surface area contributed by atoms with Crippen LogP contribution in [0.3, 0.4) is 0 Å². The molecule has 1 unspecified atom stereocenters. The topological polar surface area (TPSA) is 55.8 Å². The lowest BCUT2D eigenvalue weighted by Gasteiger charge is -2.26. The average Bonchev–Trinajstić information content (AvgIpc) is 3.04. The quantitative estimate of drug-likeness (QED) is 0.866. The Morgan fingerprint density at radius 1 is 1.43 bits per heavy atom. The van der Waals surface area contributed by atoms with Crippen LogP contribution in [-0.4, -0.2) is 30.2 Å². The van der Waals surface area contributed by atoms with Gasteiger partial charge in [0.25, 0.3) is 0 Å². The molecule has 2 heterocycles. The third kappa shape index (κ3) is 2.62. The number of fused-ring (bicyclic) bond motifs is 1. The van der Waals surface area contributed by atoms with Crippen molar-refractivity contribution < 1.29 is 19.4 Å². The van der Waals surface area contributed by atoms with Gasteiger partial charge in [-0.25, -0.2) is 0 Å². The summed E-state index contributed by atoms with van der Waals surface area (Å²) >= 11 is 13.7. The van der Waals surface area contributed by atoms with Gasteiger partial charge in [0.2, 0.25) is 5.78 Å². The maximum atomic E-state index is 12.4. The van der Waals surface area contributed by atoms with Gasteiger partial charge in [0, 0.05) is 5.56 Å². The molecule has 0 bridgehead atoms. The number of hydrogen-bond donors (Lipinski definition) is 1. The monoisotopic (exact) mass is 344 g/mol. The number of carbonyl (C=O) groups is 1. The molecule has 1 aromatic carbocycles. The molecule has 2 aromatic rings. The Kier molecular flexibility index (Phi) is 4.08. The first-order chi connectivity index (χ1) is 10.1. The predicted octanol–water partition coefficient (Wildman–Crippen LogP) is 3.42. The highest BCUT2D eigenvalue weighted by Gasteiger charge is 2.28. The molecule has 1 aliphatic rings. The number of benzene rings is 1. The van der Waals surface area contributed by atoms with Gasteiger partial charge in [0.1, 0.15) is 11.6 Å². The molecule has 0 saturated carbocycles. The normalized spacial score (nSPS) is 16.8. The van der Waals surface area contributed by atoms with Gasteiger partial charge in [-0.1, -0.05) is 29.3 Å². The number of hydrogen-bond acceptors (Lipinski definition) is 5. The molecule has 4 nitrogen and oxygen atoms in total. The zero-order valence-electron chi connectivity index (χ0n) is 10.6. The van der Waals surface area contributed by atoms with Crippen LogP contribution in [0.4, 0.5) is 0 Å². The van der Waals surface area contributed by atoms with E-state index in [9.17, 15) is 4.79 Å². The summed E-state index contributed by atoms with van der Waals surface area (Å²) in [5.41, 5.74) is 0.272. The summed E-state index contributed by atoms with van der Waals surface area (Å²) in [5, 5.41) is 11.2. The van der Waals surface area contributed by atoms with Gasteiger partial charge < -0.3 is 14.6 Å². The van der Waals surface area contributed by atoms with E-state index in [-0.39, 0.29) is 40.4 Å². The Hall–Kier alpha value is -1.27. The third-order valence-electron chi connectivity index (χ3n) is 3.03. The molecule has 21 heavy (non-hydrogen) atoms. The van der Waals surface area contributed by atoms with Crippen LogP contribution >= 0.6 is 34.5 Å². The summed E-state index contributed by atoms with van der Waals surface area (Å²) in [7, 11) is 0. The molecular weight excluding hydrogens is 335 g/mol. The lowest BCUT2D eigenvalue weighted by atomic mass is 10.1. The largest absolute Gasteiger partial charge is 0.486 e. The van der Waals surface area contributed by atoms with Gasteiger partial charge in [0.15, 0.2) is 17.6 Å². The Bertz CT molecular complexity index is 685. The van der Waals surface area contributed by atoms with Gasteiger partial charge in [0.05, 0.1) is 16.5 Å². The predicted molar refractivity (Wildman–Crippen MR) is 81.2 cm³/mol. The molecule has 1 N–H and O–H groups in total. The Morgan fingerprint density at radius 2 is 2.24 bits per heavy atom. The van der Waals surface area contributed by atoms with E-state index < -0.39 is 6.10 Å². The van der Waals surface area contributed by atoms with E-state index >= 15 is 0 Å².